The molecule has 0 spiro atoms. The maximum Gasteiger partial charge on any atom is 0.303 e. The van der Waals surface area contributed by atoms with Crippen molar-refractivity contribution in [1.29, 1.82) is 0 Å². The van der Waals surface area contributed by atoms with Crippen LogP contribution in [0.2, 0.25) is 5.15 Å². The normalized spacial score (nSPS) is 10.1. The molecule has 0 aliphatic heterocycles. The minimum absolute atomic E-state index is 0.184. The third kappa shape index (κ3) is 3.51. The zero-order valence-corrected chi connectivity index (χ0v) is 9.31. The summed E-state index contributed by atoms with van der Waals surface area (Å²) >= 11 is 7.12. The highest BCUT2D eigenvalue weighted by Gasteiger charge is 2.06. The summed E-state index contributed by atoms with van der Waals surface area (Å²) in [6.07, 6.45) is 0.798. The van der Waals surface area contributed by atoms with Crippen molar-refractivity contribution in [3.8, 4) is 0 Å². The molecule has 1 N–H and O–H groups in total. The predicted molar refractivity (Wildman–Crippen MR) is 57.3 cm³/mol. The average Bonchev–Trinajstić information content (AvgIpc) is 2.51. The second-order valence-corrected chi connectivity index (χ2v) is 4.10. The molecule has 1 heterocycles. The zero-order valence-electron chi connectivity index (χ0n) is 7.73. The van der Waals surface area contributed by atoms with E-state index >= 15 is 0 Å². The van der Waals surface area contributed by atoms with Crippen LogP contribution in [0.5, 0.6) is 0 Å². The number of aliphatic carboxylic acids is 1. The van der Waals surface area contributed by atoms with E-state index in [0.29, 0.717) is 18.1 Å². The second kappa shape index (κ2) is 5.17. The van der Waals surface area contributed by atoms with E-state index in [-0.39, 0.29) is 6.42 Å². The Morgan fingerprint density at radius 3 is 3.00 bits per heavy atom. The lowest BCUT2D eigenvalue weighted by Crippen LogP contribution is -2.18. The minimum atomic E-state index is -0.768. The van der Waals surface area contributed by atoms with Crippen molar-refractivity contribution in [1.82, 2.24) is 4.98 Å². The quantitative estimate of drug-likeness (QED) is 0.848. The van der Waals surface area contributed by atoms with E-state index in [1.54, 1.807) is 5.38 Å². The zero-order chi connectivity index (χ0) is 10.6. The van der Waals surface area contributed by atoms with E-state index in [1.165, 1.54) is 11.3 Å². The third-order valence-electron chi connectivity index (χ3n) is 1.67. The van der Waals surface area contributed by atoms with Gasteiger partial charge >= 0.3 is 5.97 Å². The smallest absolute Gasteiger partial charge is 0.303 e. The van der Waals surface area contributed by atoms with Gasteiger partial charge in [-0.3, -0.25) is 4.79 Å². The number of carboxylic acids is 1. The molecule has 0 amide bonds. The number of carboxylic acid groups (broad SMARTS) is 1. The van der Waals surface area contributed by atoms with Crippen molar-refractivity contribution in [2.45, 2.75) is 12.8 Å². The van der Waals surface area contributed by atoms with Gasteiger partial charge in [0.15, 0.2) is 5.13 Å². The van der Waals surface area contributed by atoms with Crippen LogP contribution < -0.4 is 4.90 Å². The van der Waals surface area contributed by atoms with Gasteiger partial charge in [0.05, 0.1) is 0 Å². The number of carbonyl (C=O) groups is 1. The summed E-state index contributed by atoms with van der Waals surface area (Å²) in [6, 6.07) is 0. The molecule has 1 rings (SSSR count). The van der Waals surface area contributed by atoms with Gasteiger partial charge in [0.1, 0.15) is 5.15 Å². The third-order valence-corrected chi connectivity index (χ3v) is 2.95. The summed E-state index contributed by atoms with van der Waals surface area (Å²) in [6.45, 7) is 0.677. The molecule has 0 aliphatic rings. The first-order valence-corrected chi connectivity index (χ1v) is 5.39. The Bertz CT molecular complexity index is 316. The maximum atomic E-state index is 10.3. The monoisotopic (exact) mass is 234 g/mol. The Hall–Kier alpha value is -0.810. The first-order valence-electron chi connectivity index (χ1n) is 4.13. The van der Waals surface area contributed by atoms with Gasteiger partial charge in [-0.1, -0.05) is 11.6 Å². The molecule has 0 aromatic carbocycles. The summed E-state index contributed by atoms with van der Waals surface area (Å²) in [5, 5.41) is 11.5. The highest BCUT2D eigenvalue weighted by molar-refractivity contribution is 7.14. The molecule has 14 heavy (non-hydrogen) atoms. The van der Waals surface area contributed by atoms with Gasteiger partial charge in [-0.2, -0.15) is 0 Å². The number of thiazole rings is 1. The predicted octanol–water partition coefficient (Wildman–Crippen LogP) is 2.10. The van der Waals surface area contributed by atoms with Gasteiger partial charge in [0, 0.05) is 25.4 Å². The van der Waals surface area contributed by atoms with Crippen LogP contribution in [0.1, 0.15) is 12.8 Å². The number of rotatable bonds is 5. The van der Waals surface area contributed by atoms with Crippen molar-refractivity contribution >= 4 is 34.0 Å². The largest absolute Gasteiger partial charge is 0.481 e. The number of nitrogens with zero attached hydrogens (tertiary/aromatic N) is 2. The van der Waals surface area contributed by atoms with Crippen LogP contribution in [-0.2, 0) is 4.79 Å². The standard InChI is InChI=1S/C8H11ClN2O2S/c1-11(4-2-3-7(12)13)8-10-6(9)5-14-8/h5H,2-4H2,1H3,(H,12,13). The van der Waals surface area contributed by atoms with E-state index < -0.39 is 5.97 Å². The molecule has 0 fully saturated rings. The van der Waals surface area contributed by atoms with Crippen LogP contribution >= 0.6 is 22.9 Å². The molecule has 1 aromatic rings. The minimum Gasteiger partial charge on any atom is -0.481 e. The lowest BCUT2D eigenvalue weighted by atomic mass is 10.3. The van der Waals surface area contributed by atoms with Crippen molar-refractivity contribution in [2.24, 2.45) is 0 Å². The first kappa shape index (κ1) is 11.3. The molecule has 78 valence electrons. The molecule has 6 heteroatoms. The lowest BCUT2D eigenvalue weighted by Gasteiger charge is -2.14. The molecule has 0 radical (unpaired) electrons. The van der Waals surface area contributed by atoms with Crippen molar-refractivity contribution in [3.05, 3.63) is 10.5 Å². The number of aromatic nitrogens is 1. The Balaban J connectivity index is 2.35. The van der Waals surface area contributed by atoms with E-state index in [1.807, 2.05) is 11.9 Å². The molecule has 0 aliphatic carbocycles. The van der Waals surface area contributed by atoms with E-state index in [2.05, 4.69) is 4.98 Å². The van der Waals surface area contributed by atoms with Crippen LogP contribution in [0.15, 0.2) is 5.38 Å². The Kier molecular flexibility index (Phi) is 4.16. The molecular formula is C8H11ClN2O2S. The lowest BCUT2D eigenvalue weighted by molar-refractivity contribution is -0.137. The van der Waals surface area contributed by atoms with Crippen molar-refractivity contribution in [3.63, 3.8) is 0 Å². The van der Waals surface area contributed by atoms with Gasteiger partial charge in [0.25, 0.3) is 0 Å². The molecule has 0 unspecified atom stereocenters. The molecule has 4 nitrogen and oxygen atoms in total. The maximum absolute atomic E-state index is 10.3. The van der Waals surface area contributed by atoms with E-state index in [4.69, 9.17) is 16.7 Å². The summed E-state index contributed by atoms with van der Waals surface area (Å²) in [5.41, 5.74) is 0. The summed E-state index contributed by atoms with van der Waals surface area (Å²) in [5.74, 6) is -0.768. The van der Waals surface area contributed by atoms with E-state index in [0.717, 1.165) is 5.13 Å². The van der Waals surface area contributed by atoms with Crippen LogP contribution in [0, 0.1) is 0 Å². The first-order chi connectivity index (χ1) is 6.59. The van der Waals surface area contributed by atoms with Crippen LogP contribution in [0.4, 0.5) is 5.13 Å². The van der Waals surface area contributed by atoms with Crippen molar-refractivity contribution in [2.75, 3.05) is 18.5 Å². The highest BCUT2D eigenvalue weighted by atomic mass is 35.5. The van der Waals surface area contributed by atoms with Crippen LogP contribution in [0.25, 0.3) is 0 Å². The van der Waals surface area contributed by atoms with Crippen LogP contribution in [-0.4, -0.2) is 29.7 Å². The summed E-state index contributed by atoms with van der Waals surface area (Å²) in [7, 11) is 1.87. The molecule has 1 aromatic heterocycles. The SMILES string of the molecule is CN(CCCC(=O)O)c1nc(Cl)cs1. The number of hydrogen-bond donors (Lipinski definition) is 1. The highest BCUT2D eigenvalue weighted by Crippen LogP contribution is 2.22. The average molecular weight is 235 g/mol. The molecule has 0 saturated carbocycles. The van der Waals surface area contributed by atoms with E-state index in [9.17, 15) is 4.79 Å². The van der Waals surface area contributed by atoms with Gasteiger partial charge in [0.2, 0.25) is 0 Å². The molecule has 0 saturated heterocycles. The van der Waals surface area contributed by atoms with Gasteiger partial charge < -0.3 is 10.0 Å². The molecule has 0 atom stereocenters. The second-order valence-electron chi connectivity index (χ2n) is 2.87. The van der Waals surface area contributed by atoms with Gasteiger partial charge in [-0.25, -0.2) is 4.98 Å². The Morgan fingerprint density at radius 1 is 1.79 bits per heavy atom. The number of anilines is 1. The van der Waals surface area contributed by atoms with Gasteiger partial charge in [-0.05, 0) is 6.42 Å². The fourth-order valence-corrected chi connectivity index (χ4v) is 1.93. The number of hydrogen-bond acceptors (Lipinski definition) is 4. The Labute approximate surface area is 91.1 Å². The Morgan fingerprint density at radius 2 is 2.50 bits per heavy atom. The summed E-state index contributed by atoms with van der Waals surface area (Å²) < 4.78 is 0. The van der Waals surface area contributed by atoms with Crippen LogP contribution in [0.3, 0.4) is 0 Å². The fourth-order valence-electron chi connectivity index (χ4n) is 0.984. The molecular weight excluding hydrogens is 224 g/mol. The number of halogens is 1. The summed E-state index contributed by atoms with van der Waals surface area (Å²) in [4.78, 5) is 16.2. The topological polar surface area (TPSA) is 53.4 Å². The van der Waals surface area contributed by atoms with Gasteiger partial charge in [-0.15, -0.1) is 11.3 Å². The molecule has 0 bridgehead atoms. The van der Waals surface area contributed by atoms with Crippen molar-refractivity contribution < 1.29 is 9.90 Å². The fraction of sp³-hybridized carbons (Fsp3) is 0.500.